The van der Waals surface area contributed by atoms with Gasteiger partial charge in [-0.25, -0.2) is 13.1 Å². The summed E-state index contributed by atoms with van der Waals surface area (Å²) in [6.45, 7) is 4.20. The second-order valence-electron chi connectivity index (χ2n) is 5.22. The molecule has 6 nitrogen and oxygen atoms in total. The Morgan fingerprint density at radius 3 is 2.38 bits per heavy atom. The van der Waals surface area contributed by atoms with Gasteiger partial charge in [-0.15, -0.1) is 6.58 Å². The van der Waals surface area contributed by atoms with Crippen molar-refractivity contribution in [2.75, 3.05) is 19.7 Å². The number of sulfonamides is 1. The molecule has 2 aromatic rings. The third-order valence-electron chi connectivity index (χ3n) is 3.31. The molecule has 1 amide bonds. The predicted octanol–water partition coefficient (Wildman–Crippen LogP) is 2.61. The Bertz CT molecular complexity index is 850. The minimum atomic E-state index is -3.60. The van der Waals surface area contributed by atoms with Crippen molar-refractivity contribution in [1.82, 2.24) is 10.0 Å². The zero-order valence-electron chi connectivity index (χ0n) is 13.9. The van der Waals surface area contributed by atoms with Gasteiger partial charge in [-0.2, -0.15) is 0 Å². The molecular weight excluding hydrogens is 376 g/mol. The van der Waals surface area contributed by atoms with E-state index in [-0.39, 0.29) is 17.3 Å². The van der Waals surface area contributed by atoms with E-state index in [1.165, 1.54) is 30.3 Å². The first-order valence-corrected chi connectivity index (χ1v) is 9.65. The van der Waals surface area contributed by atoms with Crippen LogP contribution in [-0.4, -0.2) is 34.0 Å². The first-order valence-electron chi connectivity index (χ1n) is 7.79. The van der Waals surface area contributed by atoms with Crippen LogP contribution >= 0.6 is 11.6 Å². The van der Waals surface area contributed by atoms with Gasteiger partial charge in [-0.05, 0) is 48.5 Å². The molecule has 2 N–H and O–H groups in total. The highest BCUT2D eigenvalue weighted by atomic mass is 35.5. The van der Waals surface area contributed by atoms with Crippen LogP contribution in [0.25, 0.3) is 0 Å². The second-order valence-corrected chi connectivity index (χ2v) is 7.43. The summed E-state index contributed by atoms with van der Waals surface area (Å²) < 4.78 is 31.8. The Labute approximate surface area is 157 Å². The van der Waals surface area contributed by atoms with Gasteiger partial charge in [0.2, 0.25) is 10.0 Å². The zero-order chi connectivity index (χ0) is 19.0. The van der Waals surface area contributed by atoms with E-state index in [9.17, 15) is 13.2 Å². The molecule has 26 heavy (non-hydrogen) atoms. The van der Waals surface area contributed by atoms with Crippen molar-refractivity contribution >= 4 is 27.5 Å². The Morgan fingerprint density at radius 2 is 1.77 bits per heavy atom. The maximum absolute atomic E-state index is 12.1. The van der Waals surface area contributed by atoms with E-state index in [0.717, 1.165) is 0 Å². The van der Waals surface area contributed by atoms with Gasteiger partial charge in [-0.1, -0.05) is 17.7 Å². The summed E-state index contributed by atoms with van der Waals surface area (Å²) in [7, 11) is -3.60. The molecule has 2 aromatic carbocycles. The summed E-state index contributed by atoms with van der Waals surface area (Å²) in [5.41, 5.74) is 0.360. The third kappa shape index (κ3) is 5.87. The number of benzene rings is 2. The molecular formula is C18H19ClN2O4S. The van der Waals surface area contributed by atoms with Crippen LogP contribution in [0.3, 0.4) is 0 Å². The molecule has 0 unspecified atom stereocenters. The summed E-state index contributed by atoms with van der Waals surface area (Å²) in [6.07, 6.45) is 1.45. The number of rotatable bonds is 9. The van der Waals surface area contributed by atoms with Crippen molar-refractivity contribution < 1.29 is 17.9 Å². The quantitative estimate of drug-likeness (QED) is 0.505. The molecule has 0 radical (unpaired) electrons. The SMILES string of the molecule is C=CCNS(=O)(=O)c1ccc(C(=O)NCCOc2ccc(Cl)cc2)cc1. The van der Waals surface area contributed by atoms with Crippen LogP contribution < -0.4 is 14.8 Å². The highest BCUT2D eigenvalue weighted by Gasteiger charge is 2.13. The fourth-order valence-corrected chi connectivity index (χ4v) is 3.13. The van der Waals surface area contributed by atoms with Gasteiger partial charge in [-0.3, -0.25) is 4.79 Å². The normalized spacial score (nSPS) is 11.0. The van der Waals surface area contributed by atoms with E-state index >= 15 is 0 Å². The van der Waals surface area contributed by atoms with E-state index in [1.54, 1.807) is 24.3 Å². The minimum absolute atomic E-state index is 0.0852. The van der Waals surface area contributed by atoms with Crippen LogP contribution in [0.5, 0.6) is 5.75 Å². The van der Waals surface area contributed by atoms with Crippen LogP contribution in [0.1, 0.15) is 10.4 Å². The number of carbonyl (C=O) groups excluding carboxylic acids is 1. The Kier molecular flexibility index (Phi) is 7.20. The lowest BCUT2D eigenvalue weighted by atomic mass is 10.2. The molecule has 8 heteroatoms. The lowest BCUT2D eigenvalue weighted by Crippen LogP contribution is -2.28. The molecule has 0 aliphatic rings. The third-order valence-corrected chi connectivity index (χ3v) is 5.01. The number of ether oxygens (including phenoxy) is 1. The molecule has 0 saturated heterocycles. The van der Waals surface area contributed by atoms with Gasteiger partial charge in [0.15, 0.2) is 0 Å². The van der Waals surface area contributed by atoms with E-state index in [0.29, 0.717) is 29.5 Å². The van der Waals surface area contributed by atoms with Crippen LogP contribution in [0, 0.1) is 0 Å². The Hall–Kier alpha value is -2.35. The monoisotopic (exact) mass is 394 g/mol. The second kappa shape index (κ2) is 9.38. The minimum Gasteiger partial charge on any atom is -0.492 e. The lowest BCUT2D eigenvalue weighted by Gasteiger charge is -2.09. The molecule has 0 aliphatic carbocycles. The van der Waals surface area contributed by atoms with E-state index in [4.69, 9.17) is 16.3 Å². The van der Waals surface area contributed by atoms with Crippen LogP contribution in [0.15, 0.2) is 66.1 Å². The molecule has 138 valence electrons. The van der Waals surface area contributed by atoms with Gasteiger partial charge in [0.1, 0.15) is 12.4 Å². The fourth-order valence-electron chi connectivity index (χ4n) is 2.00. The number of nitrogens with one attached hydrogen (secondary N) is 2. The predicted molar refractivity (Wildman–Crippen MR) is 101 cm³/mol. The van der Waals surface area contributed by atoms with Crippen LogP contribution in [-0.2, 0) is 10.0 Å². The Morgan fingerprint density at radius 1 is 1.12 bits per heavy atom. The van der Waals surface area contributed by atoms with Gasteiger partial charge >= 0.3 is 0 Å². The molecule has 0 aliphatic heterocycles. The van der Waals surface area contributed by atoms with Crippen molar-refractivity contribution in [3.63, 3.8) is 0 Å². The molecule has 0 saturated carbocycles. The molecule has 0 bridgehead atoms. The van der Waals surface area contributed by atoms with Crippen molar-refractivity contribution in [3.8, 4) is 5.75 Å². The summed E-state index contributed by atoms with van der Waals surface area (Å²) in [4.78, 5) is 12.2. The maximum atomic E-state index is 12.1. The lowest BCUT2D eigenvalue weighted by molar-refractivity contribution is 0.0947. The van der Waals surface area contributed by atoms with Crippen molar-refractivity contribution in [1.29, 1.82) is 0 Å². The summed E-state index contributed by atoms with van der Waals surface area (Å²) in [5.74, 6) is 0.345. The number of amides is 1. The van der Waals surface area contributed by atoms with Gasteiger partial charge < -0.3 is 10.1 Å². The van der Waals surface area contributed by atoms with Crippen LogP contribution in [0.4, 0.5) is 0 Å². The van der Waals surface area contributed by atoms with Gasteiger partial charge in [0, 0.05) is 17.1 Å². The topological polar surface area (TPSA) is 84.5 Å². The molecule has 0 heterocycles. The largest absolute Gasteiger partial charge is 0.492 e. The number of hydrogen-bond donors (Lipinski definition) is 2. The van der Waals surface area contributed by atoms with E-state index in [2.05, 4.69) is 16.6 Å². The van der Waals surface area contributed by atoms with E-state index in [1.807, 2.05) is 0 Å². The molecule has 0 spiro atoms. The van der Waals surface area contributed by atoms with Crippen molar-refractivity contribution in [2.45, 2.75) is 4.90 Å². The van der Waals surface area contributed by atoms with Crippen LogP contribution in [0.2, 0.25) is 5.02 Å². The molecule has 0 fully saturated rings. The highest BCUT2D eigenvalue weighted by molar-refractivity contribution is 7.89. The van der Waals surface area contributed by atoms with Gasteiger partial charge in [0.05, 0.1) is 11.4 Å². The summed E-state index contributed by atoms with van der Waals surface area (Å²) in [6, 6.07) is 12.6. The molecule has 0 atom stereocenters. The zero-order valence-corrected chi connectivity index (χ0v) is 15.5. The average molecular weight is 395 g/mol. The molecule has 0 aromatic heterocycles. The highest BCUT2D eigenvalue weighted by Crippen LogP contribution is 2.15. The first kappa shape index (κ1) is 20.0. The van der Waals surface area contributed by atoms with Gasteiger partial charge in [0.25, 0.3) is 5.91 Å². The first-order chi connectivity index (χ1) is 12.4. The van der Waals surface area contributed by atoms with E-state index < -0.39 is 10.0 Å². The standard InChI is InChI=1S/C18H19ClN2O4S/c1-2-11-21-26(23,24)17-9-3-14(4-10-17)18(22)20-12-13-25-16-7-5-15(19)6-8-16/h2-10,21H,1,11-13H2,(H,20,22). The van der Waals surface area contributed by atoms with Crippen molar-refractivity contribution in [2.24, 2.45) is 0 Å². The number of hydrogen-bond acceptors (Lipinski definition) is 4. The maximum Gasteiger partial charge on any atom is 0.251 e. The summed E-state index contributed by atoms with van der Waals surface area (Å²) >= 11 is 5.79. The smallest absolute Gasteiger partial charge is 0.251 e. The summed E-state index contributed by atoms with van der Waals surface area (Å²) in [5, 5.41) is 3.33. The number of halogens is 1. The van der Waals surface area contributed by atoms with Crippen molar-refractivity contribution in [3.05, 3.63) is 71.8 Å². The molecule has 2 rings (SSSR count). The Balaban J connectivity index is 1.84. The average Bonchev–Trinajstić information content (AvgIpc) is 2.65. The number of carbonyl (C=O) groups is 1. The fraction of sp³-hybridized carbons (Fsp3) is 0.167.